The molecule has 162 valence electrons. The molecule has 1 saturated carbocycles. The van der Waals surface area contributed by atoms with Crippen molar-refractivity contribution in [2.24, 2.45) is 5.92 Å². The van der Waals surface area contributed by atoms with Crippen molar-refractivity contribution in [2.45, 2.75) is 31.7 Å². The van der Waals surface area contributed by atoms with Crippen LogP contribution in [0, 0.1) is 9.49 Å². The average Bonchev–Trinajstić information content (AvgIpc) is 2.78. The van der Waals surface area contributed by atoms with E-state index in [2.05, 4.69) is 76.5 Å². The fourth-order valence-electron chi connectivity index (χ4n) is 4.30. The second kappa shape index (κ2) is 9.85. The summed E-state index contributed by atoms with van der Waals surface area (Å²) in [6.07, 6.45) is 4.40. The number of carbonyl (C=O) groups excluding carboxylic acids is 1. The molecule has 2 aromatic carbocycles. The molecular weight excluding hydrogens is 499 g/mol. The second-order valence-corrected chi connectivity index (χ2v) is 9.65. The number of anilines is 2. The standard InChI is InChI=1S/C25H29IN4O/c1-30(2)23-15-24(29-22-10-6-4-8-20(22)23)28-18-13-11-17(12-14-18)16-27-25(31)19-7-3-5-9-21(19)26/h3-10,15,17-18H,11-14,16H2,1-2H3,(H,27,31)(H,28,29). The van der Waals surface area contributed by atoms with Crippen LogP contribution in [0.25, 0.3) is 10.9 Å². The number of halogens is 1. The van der Waals surface area contributed by atoms with E-state index in [1.165, 1.54) is 11.1 Å². The van der Waals surface area contributed by atoms with E-state index >= 15 is 0 Å². The lowest BCUT2D eigenvalue weighted by Crippen LogP contribution is -2.34. The van der Waals surface area contributed by atoms with Gasteiger partial charge in [0.1, 0.15) is 5.82 Å². The van der Waals surface area contributed by atoms with Crippen molar-refractivity contribution in [3.05, 3.63) is 63.7 Å². The molecule has 1 heterocycles. The molecule has 0 spiro atoms. The number of hydrogen-bond acceptors (Lipinski definition) is 4. The number of benzene rings is 2. The summed E-state index contributed by atoms with van der Waals surface area (Å²) in [6.45, 7) is 0.746. The normalized spacial score (nSPS) is 18.5. The van der Waals surface area contributed by atoms with Gasteiger partial charge in [-0.05, 0) is 72.4 Å². The topological polar surface area (TPSA) is 57.3 Å². The van der Waals surface area contributed by atoms with Gasteiger partial charge in [0.25, 0.3) is 5.91 Å². The maximum absolute atomic E-state index is 12.5. The fraction of sp³-hybridized carbons (Fsp3) is 0.360. The van der Waals surface area contributed by atoms with Gasteiger partial charge >= 0.3 is 0 Å². The lowest BCUT2D eigenvalue weighted by molar-refractivity contribution is 0.0942. The third kappa shape index (κ3) is 5.29. The molecule has 0 radical (unpaired) electrons. The van der Waals surface area contributed by atoms with Gasteiger partial charge < -0.3 is 15.5 Å². The molecule has 6 heteroatoms. The minimum Gasteiger partial charge on any atom is -0.377 e. The number of para-hydroxylation sites is 1. The highest BCUT2D eigenvalue weighted by Crippen LogP contribution is 2.30. The Morgan fingerprint density at radius 3 is 2.52 bits per heavy atom. The summed E-state index contributed by atoms with van der Waals surface area (Å²) >= 11 is 2.22. The van der Waals surface area contributed by atoms with Gasteiger partial charge in [-0.15, -0.1) is 0 Å². The number of fused-ring (bicyclic) bond motifs is 1. The van der Waals surface area contributed by atoms with Crippen LogP contribution in [-0.4, -0.2) is 37.6 Å². The van der Waals surface area contributed by atoms with Crippen molar-refractivity contribution in [2.75, 3.05) is 30.9 Å². The number of aromatic nitrogens is 1. The Morgan fingerprint density at radius 2 is 1.77 bits per heavy atom. The predicted molar refractivity (Wildman–Crippen MR) is 137 cm³/mol. The molecule has 1 amide bonds. The summed E-state index contributed by atoms with van der Waals surface area (Å²) in [5.74, 6) is 1.50. The highest BCUT2D eigenvalue weighted by atomic mass is 127. The lowest BCUT2D eigenvalue weighted by atomic mass is 9.86. The van der Waals surface area contributed by atoms with Crippen LogP contribution in [0.2, 0.25) is 0 Å². The molecule has 1 aliphatic carbocycles. The van der Waals surface area contributed by atoms with Crippen LogP contribution in [0.5, 0.6) is 0 Å². The minimum absolute atomic E-state index is 0.0295. The van der Waals surface area contributed by atoms with Gasteiger partial charge in [0.15, 0.2) is 0 Å². The molecule has 1 aromatic heterocycles. The van der Waals surface area contributed by atoms with Crippen LogP contribution < -0.4 is 15.5 Å². The molecular formula is C25H29IN4O. The second-order valence-electron chi connectivity index (χ2n) is 8.49. The first kappa shape index (κ1) is 21.9. The highest BCUT2D eigenvalue weighted by Gasteiger charge is 2.22. The van der Waals surface area contributed by atoms with E-state index in [1.54, 1.807) is 0 Å². The van der Waals surface area contributed by atoms with Gasteiger partial charge in [-0.2, -0.15) is 0 Å². The maximum atomic E-state index is 12.5. The molecule has 4 rings (SSSR count). The van der Waals surface area contributed by atoms with Crippen LogP contribution in [0.3, 0.4) is 0 Å². The van der Waals surface area contributed by atoms with E-state index in [0.717, 1.165) is 52.7 Å². The third-order valence-electron chi connectivity index (χ3n) is 6.04. The Bertz CT molecular complexity index is 1060. The summed E-state index contributed by atoms with van der Waals surface area (Å²) in [5, 5.41) is 7.96. The quantitative estimate of drug-likeness (QED) is 0.426. The van der Waals surface area contributed by atoms with E-state index in [1.807, 2.05) is 30.3 Å². The molecule has 0 bridgehead atoms. The van der Waals surface area contributed by atoms with Crippen LogP contribution >= 0.6 is 22.6 Å². The summed E-state index contributed by atoms with van der Waals surface area (Å²) < 4.78 is 0.991. The largest absolute Gasteiger partial charge is 0.377 e. The Kier molecular flexibility index (Phi) is 6.95. The molecule has 5 nitrogen and oxygen atoms in total. The Morgan fingerprint density at radius 1 is 1.06 bits per heavy atom. The molecule has 2 N–H and O–H groups in total. The zero-order chi connectivity index (χ0) is 21.8. The molecule has 31 heavy (non-hydrogen) atoms. The Hall–Kier alpha value is -2.35. The number of nitrogens with zero attached hydrogens (tertiary/aromatic N) is 2. The maximum Gasteiger partial charge on any atom is 0.252 e. The van der Waals surface area contributed by atoms with Crippen LogP contribution in [0.1, 0.15) is 36.0 Å². The first-order valence-electron chi connectivity index (χ1n) is 10.9. The van der Waals surface area contributed by atoms with E-state index in [9.17, 15) is 4.79 Å². The minimum atomic E-state index is 0.0295. The summed E-state index contributed by atoms with van der Waals surface area (Å²) in [5.41, 5.74) is 2.96. The van der Waals surface area contributed by atoms with E-state index < -0.39 is 0 Å². The summed E-state index contributed by atoms with van der Waals surface area (Å²) in [6, 6.07) is 18.6. The summed E-state index contributed by atoms with van der Waals surface area (Å²) in [4.78, 5) is 19.4. The number of nitrogens with one attached hydrogen (secondary N) is 2. The number of hydrogen-bond donors (Lipinski definition) is 2. The molecule has 0 atom stereocenters. The van der Waals surface area contributed by atoms with Crippen molar-refractivity contribution < 1.29 is 4.79 Å². The fourth-order valence-corrected chi connectivity index (χ4v) is 4.93. The molecule has 0 unspecified atom stereocenters. The van der Waals surface area contributed by atoms with Crippen molar-refractivity contribution in [1.29, 1.82) is 0 Å². The number of rotatable bonds is 6. The van der Waals surface area contributed by atoms with E-state index in [-0.39, 0.29) is 5.91 Å². The van der Waals surface area contributed by atoms with Crippen molar-refractivity contribution in [1.82, 2.24) is 10.3 Å². The van der Waals surface area contributed by atoms with E-state index in [4.69, 9.17) is 4.98 Å². The van der Waals surface area contributed by atoms with Gasteiger partial charge in [0.2, 0.25) is 0 Å². The molecule has 1 aliphatic rings. The molecule has 0 saturated heterocycles. The van der Waals surface area contributed by atoms with Crippen LogP contribution in [0.4, 0.5) is 11.5 Å². The van der Waals surface area contributed by atoms with Gasteiger partial charge in [0.05, 0.1) is 11.1 Å². The number of amides is 1. The Labute approximate surface area is 197 Å². The average molecular weight is 528 g/mol. The lowest BCUT2D eigenvalue weighted by Gasteiger charge is -2.30. The van der Waals surface area contributed by atoms with Crippen LogP contribution in [0.15, 0.2) is 54.6 Å². The van der Waals surface area contributed by atoms with Gasteiger partial charge in [-0.25, -0.2) is 4.98 Å². The molecule has 1 fully saturated rings. The SMILES string of the molecule is CN(C)c1cc(NC2CCC(CNC(=O)c3ccccc3I)CC2)nc2ccccc12. The van der Waals surface area contributed by atoms with Crippen molar-refractivity contribution in [3.8, 4) is 0 Å². The van der Waals surface area contributed by atoms with Gasteiger partial charge in [-0.1, -0.05) is 30.3 Å². The van der Waals surface area contributed by atoms with Gasteiger partial charge in [0, 0.05) is 47.4 Å². The molecule has 0 aliphatic heterocycles. The Balaban J connectivity index is 1.32. The van der Waals surface area contributed by atoms with Crippen molar-refractivity contribution >= 4 is 50.9 Å². The summed E-state index contributed by atoms with van der Waals surface area (Å²) in [7, 11) is 4.14. The molecule has 3 aromatic rings. The van der Waals surface area contributed by atoms with Crippen LogP contribution in [-0.2, 0) is 0 Å². The zero-order valence-electron chi connectivity index (χ0n) is 18.1. The zero-order valence-corrected chi connectivity index (χ0v) is 20.2. The monoisotopic (exact) mass is 528 g/mol. The number of carbonyl (C=O) groups is 1. The predicted octanol–water partition coefficient (Wildman–Crippen LogP) is 5.31. The first-order valence-corrected chi connectivity index (χ1v) is 12.0. The smallest absolute Gasteiger partial charge is 0.252 e. The highest BCUT2D eigenvalue weighted by molar-refractivity contribution is 14.1. The van der Waals surface area contributed by atoms with Crippen molar-refractivity contribution in [3.63, 3.8) is 0 Å². The number of pyridine rings is 1. The first-order chi connectivity index (χ1) is 15.0. The van der Waals surface area contributed by atoms with Gasteiger partial charge in [-0.3, -0.25) is 4.79 Å². The third-order valence-corrected chi connectivity index (χ3v) is 6.99. The van der Waals surface area contributed by atoms with E-state index in [0.29, 0.717) is 12.0 Å².